The normalized spacial score (nSPS) is 34.0. The van der Waals surface area contributed by atoms with E-state index >= 15 is 4.39 Å². The van der Waals surface area contributed by atoms with Gasteiger partial charge in [0.2, 0.25) is 0 Å². The largest absolute Gasteiger partial charge is 0.490 e. The fourth-order valence-electron chi connectivity index (χ4n) is 2.03. The lowest BCUT2D eigenvalue weighted by Gasteiger charge is -2.24. The van der Waals surface area contributed by atoms with Gasteiger partial charge in [0.15, 0.2) is 17.3 Å². The molecule has 0 aromatic carbocycles. The van der Waals surface area contributed by atoms with E-state index in [0.29, 0.717) is 6.20 Å². The van der Waals surface area contributed by atoms with Gasteiger partial charge >= 0.3 is 23.5 Å². The van der Waals surface area contributed by atoms with E-state index in [1.54, 1.807) is 0 Å². The number of alkyl halides is 1. The zero-order valence-corrected chi connectivity index (χ0v) is 18.2. The Morgan fingerprint density at radius 1 is 1.31 bits per heavy atom. The van der Waals surface area contributed by atoms with Crippen LogP contribution < -0.4 is 5.56 Å². The van der Waals surface area contributed by atoms with Gasteiger partial charge in [-0.2, -0.15) is 8.62 Å². The van der Waals surface area contributed by atoms with Gasteiger partial charge in [-0.1, -0.05) is 0 Å². The van der Waals surface area contributed by atoms with E-state index in [2.05, 4.69) is 17.9 Å². The number of carbonyl (C=O) groups is 1. The first kappa shape index (κ1) is 22.8. The minimum atomic E-state index is -6.36. The Balaban J connectivity index is 2.47. The van der Waals surface area contributed by atoms with Crippen molar-refractivity contribution in [1.29, 1.82) is 0 Å². The van der Waals surface area contributed by atoms with Gasteiger partial charge in [-0.05, 0) is 12.2 Å². The van der Waals surface area contributed by atoms with E-state index in [1.165, 1.54) is 0 Å². The van der Waals surface area contributed by atoms with Crippen molar-refractivity contribution >= 4 is 42.0 Å². The summed E-state index contributed by atoms with van der Waals surface area (Å²) in [5, 5.41) is 20.3. The minimum Gasteiger partial charge on any atom is -0.385 e. The molecule has 1 aromatic heterocycles. The molecule has 22 heteroatoms. The van der Waals surface area contributed by atoms with Crippen LogP contribution >= 0.6 is 35.7 Å². The van der Waals surface area contributed by atoms with E-state index in [9.17, 15) is 38.4 Å². The number of carbonyl (C=O) groups excluding carboxylic acids is 1. The number of ether oxygens (including phenoxy) is 1. The summed E-state index contributed by atoms with van der Waals surface area (Å²) in [4.78, 5) is 60.0. The molecule has 0 saturated carbocycles. The molecule has 6 atom stereocenters. The second kappa shape index (κ2) is 9.32. The maximum absolute atomic E-state index is 15.5. The number of H-pyrrole nitrogens is 1. The van der Waals surface area contributed by atoms with Crippen molar-refractivity contribution in [2.24, 2.45) is 0 Å². The zero-order valence-electron chi connectivity index (χ0n) is 17.7. The van der Waals surface area contributed by atoms with Crippen LogP contribution in [0.4, 0.5) is 4.39 Å². The van der Waals surface area contributed by atoms with Gasteiger partial charge in [-0.15, -0.1) is 0 Å². The maximum Gasteiger partial charge on any atom is 0.490 e. The molecule has 1 fully saturated rings. The lowest BCUT2D eigenvalue weighted by Crippen LogP contribution is -2.42. The molecule has 0 amide bonds. The maximum atomic E-state index is 15.5. The van der Waals surface area contributed by atoms with Crippen LogP contribution in [0, 0.1) is 4.77 Å². The quantitative estimate of drug-likeness (QED) is 0.110. The Bertz CT molecular complexity index is 1290. The van der Waals surface area contributed by atoms with Crippen LogP contribution in [-0.4, -0.2) is 70.2 Å². The second-order valence-electron chi connectivity index (χ2n) is 5.59. The summed E-state index contributed by atoms with van der Waals surface area (Å²) in [6, 6.07) is 0. The number of aromatic amines is 1. The van der Waals surface area contributed by atoms with Crippen LogP contribution in [0.3, 0.4) is 0 Å². The highest BCUT2D eigenvalue weighted by molar-refractivity contribution is 7.71. The Kier molecular flexibility index (Phi) is 6.63. The molecule has 0 bridgehead atoms. The number of hydrogen-bond acceptors (Lipinski definition) is 12. The molecule has 0 spiro atoms. The molecule has 2 unspecified atom stereocenters. The van der Waals surface area contributed by atoms with Gasteiger partial charge < -0.3 is 34.5 Å². The molecule has 17 nitrogen and oxygen atoms in total. The van der Waals surface area contributed by atoms with Crippen molar-refractivity contribution in [3.05, 3.63) is 26.9 Å². The van der Waals surface area contributed by atoms with E-state index in [-0.39, 0.29) is 10.9 Å². The van der Waals surface area contributed by atoms with Gasteiger partial charge in [0.1, 0.15) is 18.8 Å². The molecule has 2 heterocycles. The van der Waals surface area contributed by atoms with E-state index in [0.717, 1.165) is 0 Å². The van der Waals surface area contributed by atoms with Crippen molar-refractivity contribution in [3.63, 3.8) is 0 Å². The van der Waals surface area contributed by atoms with Crippen molar-refractivity contribution in [3.8, 4) is 0 Å². The van der Waals surface area contributed by atoms with Crippen LogP contribution in [-0.2, 0) is 31.6 Å². The highest BCUT2D eigenvalue weighted by atomic mass is 32.1. The summed E-state index contributed by atoms with van der Waals surface area (Å²) in [5.41, 5.74) is -1.84. The van der Waals surface area contributed by atoms with Crippen LogP contribution in [0.25, 0.3) is 0 Å². The summed E-state index contributed by atoms with van der Waals surface area (Å²) in [6.45, 7) is -4.46. The van der Waals surface area contributed by atoms with Gasteiger partial charge in [-0.25, -0.2) is 18.1 Å². The monoisotopic (exact) mass is 549 g/mol. The first-order valence-corrected chi connectivity index (χ1v) is 12.3. The van der Waals surface area contributed by atoms with Crippen LogP contribution in [0.1, 0.15) is 20.7 Å². The average molecular weight is 549 g/mol. The highest BCUT2D eigenvalue weighted by Crippen LogP contribution is 2.66. The summed E-state index contributed by atoms with van der Waals surface area (Å²) >= 11 is 4.72. The minimum absolute atomic E-state index is 0.0530. The summed E-state index contributed by atoms with van der Waals surface area (Å²) in [6.07, 6.45) is -8.93. The number of hydrogen-bond donors (Lipinski definition) is 7. The van der Waals surface area contributed by atoms with Crippen molar-refractivity contribution in [2.75, 3.05) is 6.56 Å². The standard InChI is InChI=1S/C10H14FN2O15P3S/c11-10(3-25-30(21,22)28-31(23,24)27-29(18,19)20)6(16)5(15)8(26-10)13-1-4(2-14)7(17)12-9(13)32/h1-2,5-6,8,15-16H,3H2,(H,21,22)(H,23,24)(H,12,17,32)(H2,18,19,20)/t5-,6+,8-,10-/m1/s1/i3D2,8D. The SMILES string of the molecule is [2H]C([2H])(OP(=O)(O)OP(=O)(O)OP(=O)(O)O)[C@@]1(F)O[C@@]([2H])(n2cc(C=O)c(=O)[nH]c2=S)[C@H](O)[C@@H]1O. The number of nitrogens with zero attached hydrogens (tertiary/aromatic N) is 1. The molecule has 182 valence electrons. The number of phosphoric ester groups is 1. The predicted molar refractivity (Wildman–Crippen MR) is 97.1 cm³/mol. The third-order valence-corrected chi connectivity index (χ3v) is 7.18. The Morgan fingerprint density at radius 3 is 2.44 bits per heavy atom. The van der Waals surface area contributed by atoms with E-state index in [4.69, 9.17) is 31.0 Å². The number of rotatable bonds is 9. The summed E-state index contributed by atoms with van der Waals surface area (Å²) in [5.74, 6) is -4.49. The highest BCUT2D eigenvalue weighted by Gasteiger charge is 2.57. The van der Waals surface area contributed by atoms with Gasteiger partial charge in [0.05, 0.1) is 9.68 Å². The second-order valence-corrected chi connectivity index (χ2v) is 10.3. The topological polar surface area (TPSA) is 264 Å². The Hall–Kier alpha value is -1.01. The number of nitrogens with one attached hydrogen (secondary N) is 1. The van der Waals surface area contributed by atoms with Crippen LogP contribution in [0.5, 0.6) is 0 Å². The summed E-state index contributed by atoms with van der Waals surface area (Å²) < 4.78 is 87.0. The van der Waals surface area contributed by atoms with E-state index in [1.807, 2.05) is 4.98 Å². The Morgan fingerprint density at radius 2 is 1.91 bits per heavy atom. The Labute approximate surface area is 184 Å². The lowest BCUT2D eigenvalue weighted by molar-refractivity contribution is -0.204. The van der Waals surface area contributed by atoms with Crippen LogP contribution in [0.2, 0.25) is 0 Å². The molecule has 0 aliphatic carbocycles. The number of aliphatic hydroxyl groups is 2. The first-order chi connectivity index (χ1) is 15.5. The fourth-order valence-corrected chi connectivity index (χ4v) is 5.15. The molecular formula is C10H14FN2O15P3S. The number of phosphoric acid groups is 3. The van der Waals surface area contributed by atoms with E-state index < -0.39 is 70.2 Å². The molecule has 1 aliphatic heterocycles. The van der Waals surface area contributed by atoms with Crippen molar-refractivity contribution in [1.82, 2.24) is 9.55 Å². The number of halogens is 1. The average Bonchev–Trinajstić information content (AvgIpc) is 2.79. The van der Waals surface area contributed by atoms with Gasteiger partial charge in [0, 0.05) is 6.20 Å². The smallest absolute Gasteiger partial charge is 0.385 e. The van der Waals surface area contributed by atoms with Crippen molar-refractivity contribution in [2.45, 2.75) is 24.3 Å². The zero-order chi connectivity index (χ0) is 27.4. The molecular weight excluding hydrogens is 532 g/mol. The lowest BCUT2D eigenvalue weighted by atomic mass is 10.1. The molecule has 2 rings (SSSR count). The summed E-state index contributed by atoms with van der Waals surface area (Å²) in [7, 11) is -18.3. The number of aldehydes is 1. The molecule has 32 heavy (non-hydrogen) atoms. The molecule has 0 radical (unpaired) electrons. The molecule has 1 saturated heterocycles. The molecule has 1 aliphatic rings. The van der Waals surface area contributed by atoms with Gasteiger partial charge in [0.25, 0.3) is 11.4 Å². The third-order valence-electron chi connectivity index (χ3n) is 3.24. The first-order valence-electron chi connectivity index (χ1n) is 8.92. The molecule has 7 N–H and O–H groups in total. The van der Waals surface area contributed by atoms with Crippen molar-refractivity contribution < 1.29 is 74.7 Å². The third kappa shape index (κ3) is 6.53. The number of aromatic nitrogens is 2. The van der Waals surface area contributed by atoms with Gasteiger partial charge in [-0.3, -0.25) is 23.7 Å². The van der Waals surface area contributed by atoms with Crippen LogP contribution in [0.15, 0.2) is 11.0 Å². The fraction of sp³-hybridized carbons (Fsp3) is 0.500. The predicted octanol–water partition coefficient (Wildman–Crippen LogP) is -1.02. The molecule has 1 aromatic rings. The number of aliphatic hydroxyl groups excluding tert-OH is 2.